The number of carbonyl (C=O) groups is 1. The summed E-state index contributed by atoms with van der Waals surface area (Å²) in [5.74, 6) is 2.35. The van der Waals surface area contributed by atoms with E-state index in [4.69, 9.17) is 4.74 Å². The number of anilines is 1. The first-order valence-corrected chi connectivity index (χ1v) is 10.6. The van der Waals surface area contributed by atoms with E-state index in [-0.39, 0.29) is 5.91 Å². The standard InChI is InChI=1S/C23H28N6O2/c1-5-31-20-8-6-19(7-9-20)23(30)28-14-12-27(13-15-28)21-10-11-22(25-24-21)29-18(4)16(2)17(3)26-29/h6-11H,5,12-15H2,1-4H3. The van der Waals surface area contributed by atoms with Crippen LogP contribution in [-0.4, -0.2) is 63.6 Å². The van der Waals surface area contributed by atoms with Gasteiger partial charge in [-0.3, -0.25) is 4.79 Å². The van der Waals surface area contributed by atoms with Gasteiger partial charge in [0.2, 0.25) is 0 Å². The Balaban J connectivity index is 1.38. The zero-order valence-electron chi connectivity index (χ0n) is 18.5. The molecule has 1 aliphatic heterocycles. The molecule has 0 N–H and O–H groups in total. The van der Waals surface area contributed by atoms with Crippen LogP contribution < -0.4 is 9.64 Å². The number of ether oxygens (including phenoxy) is 1. The van der Waals surface area contributed by atoms with Crippen molar-refractivity contribution in [1.29, 1.82) is 0 Å². The van der Waals surface area contributed by atoms with Crippen molar-refractivity contribution < 1.29 is 9.53 Å². The van der Waals surface area contributed by atoms with Gasteiger partial charge in [0.05, 0.1) is 12.3 Å². The average molecular weight is 421 g/mol. The number of aromatic nitrogens is 4. The third kappa shape index (κ3) is 4.23. The summed E-state index contributed by atoms with van der Waals surface area (Å²) in [6, 6.07) is 11.2. The first kappa shape index (κ1) is 20.8. The Bertz CT molecular complexity index is 1050. The molecule has 8 heteroatoms. The van der Waals surface area contributed by atoms with Crippen LogP contribution in [-0.2, 0) is 0 Å². The molecule has 0 saturated carbocycles. The highest BCUT2D eigenvalue weighted by atomic mass is 16.5. The number of benzene rings is 1. The van der Waals surface area contributed by atoms with Crippen LogP contribution in [0.5, 0.6) is 5.75 Å². The van der Waals surface area contributed by atoms with E-state index in [0.29, 0.717) is 31.1 Å². The van der Waals surface area contributed by atoms with E-state index in [1.165, 1.54) is 5.56 Å². The average Bonchev–Trinajstić information content (AvgIpc) is 3.07. The lowest BCUT2D eigenvalue weighted by Gasteiger charge is -2.35. The number of carbonyl (C=O) groups excluding carboxylic acids is 1. The fourth-order valence-electron chi connectivity index (χ4n) is 3.73. The second kappa shape index (κ2) is 8.75. The smallest absolute Gasteiger partial charge is 0.253 e. The molecule has 8 nitrogen and oxygen atoms in total. The van der Waals surface area contributed by atoms with Crippen molar-refractivity contribution in [3.8, 4) is 11.6 Å². The number of hydrogen-bond acceptors (Lipinski definition) is 6. The topological polar surface area (TPSA) is 76.4 Å². The van der Waals surface area contributed by atoms with Crippen LogP contribution in [0.25, 0.3) is 5.82 Å². The molecule has 1 amide bonds. The van der Waals surface area contributed by atoms with Gasteiger partial charge < -0.3 is 14.5 Å². The molecule has 1 aliphatic rings. The molecular weight excluding hydrogens is 392 g/mol. The van der Waals surface area contributed by atoms with Gasteiger partial charge >= 0.3 is 0 Å². The number of rotatable bonds is 5. The van der Waals surface area contributed by atoms with Gasteiger partial charge in [-0.1, -0.05) is 0 Å². The van der Waals surface area contributed by atoms with Gasteiger partial charge in [-0.2, -0.15) is 5.10 Å². The predicted octanol–water partition coefficient (Wildman–Crippen LogP) is 2.95. The molecule has 4 rings (SSSR count). The minimum Gasteiger partial charge on any atom is -0.494 e. The third-order valence-corrected chi connectivity index (χ3v) is 5.81. The summed E-state index contributed by atoms with van der Waals surface area (Å²) in [4.78, 5) is 16.8. The summed E-state index contributed by atoms with van der Waals surface area (Å²) in [6.45, 7) is 11.4. The van der Waals surface area contributed by atoms with Crippen LogP contribution in [0, 0.1) is 20.8 Å². The molecule has 1 saturated heterocycles. The highest BCUT2D eigenvalue weighted by Crippen LogP contribution is 2.19. The molecule has 162 valence electrons. The normalized spacial score (nSPS) is 14.1. The summed E-state index contributed by atoms with van der Waals surface area (Å²) in [7, 11) is 0. The third-order valence-electron chi connectivity index (χ3n) is 5.81. The van der Waals surface area contributed by atoms with E-state index < -0.39 is 0 Å². The fraction of sp³-hybridized carbons (Fsp3) is 0.391. The lowest BCUT2D eigenvalue weighted by atomic mass is 10.1. The maximum Gasteiger partial charge on any atom is 0.253 e. The van der Waals surface area contributed by atoms with Crippen LogP contribution in [0.4, 0.5) is 5.82 Å². The number of nitrogens with zero attached hydrogens (tertiary/aromatic N) is 6. The summed E-state index contributed by atoms with van der Waals surface area (Å²) in [5.41, 5.74) is 3.91. The minimum atomic E-state index is 0.0454. The van der Waals surface area contributed by atoms with Crippen LogP contribution in [0.15, 0.2) is 36.4 Å². The molecule has 31 heavy (non-hydrogen) atoms. The summed E-state index contributed by atoms with van der Waals surface area (Å²) < 4.78 is 7.28. The highest BCUT2D eigenvalue weighted by Gasteiger charge is 2.23. The van der Waals surface area contributed by atoms with Gasteiger partial charge in [-0.15, -0.1) is 10.2 Å². The van der Waals surface area contributed by atoms with E-state index in [9.17, 15) is 4.79 Å². The largest absolute Gasteiger partial charge is 0.494 e. The lowest BCUT2D eigenvalue weighted by molar-refractivity contribution is 0.0746. The van der Waals surface area contributed by atoms with Gasteiger partial charge in [-0.05, 0) is 69.7 Å². The first-order valence-electron chi connectivity index (χ1n) is 10.6. The number of piperazine rings is 1. The van der Waals surface area contributed by atoms with Crippen LogP contribution >= 0.6 is 0 Å². The summed E-state index contributed by atoms with van der Waals surface area (Å²) >= 11 is 0. The molecule has 0 bridgehead atoms. The second-order valence-electron chi connectivity index (χ2n) is 7.69. The summed E-state index contributed by atoms with van der Waals surface area (Å²) in [5, 5.41) is 13.3. The van der Waals surface area contributed by atoms with Crippen molar-refractivity contribution in [3.63, 3.8) is 0 Å². The number of aryl methyl sites for hydroxylation is 1. The van der Waals surface area contributed by atoms with Crippen LogP contribution in [0.2, 0.25) is 0 Å². The zero-order valence-corrected chi connectivity index (χ0v) is 18.5. The molecule has 3 heterocycles. The fourth-order valence-corrected chi connectivity index (χ4v) is 3.73. The number of hydrogen-bond donors (Lipinski definition) is 0. The van der Waals surface area contributed by atoms with Crippen molar-refractivity contribution in [3.05, 3.63) is 58.9 Å². The van der Waals surface area contributed by atoms with E-state index in [1.54, 1.807) is 0 Å². The van der Waals surface area contributed by atoms with E-state index in [2.05, 4.69) is 27.1 Å². The van der Waals surface area contributed by atoms with E-state index in [1.807, 2.05) is 66.8 Å². The highest BCUT2D eigenvalue weighted by molar-refractivity contribution is 5.94. The molecule has 0 unspecified atom stereocenters. The maximum absolute atomic E-state index is 12.8. The Morgan fingerprint density at radius 1 is 0.935 bits per heavy atom. The molecule has 3 aromatic rings. The van der Waals surface area contributed by atoms with Gasteiger partial charge in [0, 0.05) is 37.4 Å². The lowest BCUT2D eigenvalue weighted by Crippen LogP contribution is -2.49. The Kier molecular flexibility index (Phi) is 5.88. The van der Waals surface area contributed by atoms with Gasteiger partial charge in [-0.25, -0.2) is 4.68 Å². The SMILES string of the molecule is CCOc1ccc(C(=O)N2CCN(c3ccc(-n4nc(C)c(C)c4C)nn3)CC2)cc1. The Morgan fingerprint density at radius 2 is 1.58 bits per heavy atom. The molecule has 0 atom stereocenters. The van der Waals surface area contributed by atoms with Crippen molar-refractivity contribution >= 4 is 11.7 Å². The molecule has 0 aliphatic carbocycles. The molecule has 0 radical (unpaired) electrons. The Morgan fingerprint density at radius 3 is 2.13 bits per heavy atom. The number of amides is 1. The molecule has 1 aromatic carbocycles. The van der Waals surface area contributed by atoms with Gasteiger partial charge in [0.15, 0.2) is 11.6 Å². The van der Waals surface area contributed by atoms with Crippen molar-refractivity contribution in [2.24, 2.45) is 0 Å². The molecule has 0 spiro atoms. The Labute approximate surface area is 182 Å². The Hall–Kier alpha value is -3.42. The van der Waals surface area contributed by atoms with Crippen LogP contribution in [0.1, 0.15) is 34.2 Å². The van der Waals surface area contributed by atoms with Gasteiger partial charge in [0.1, 0.15) is 5.75 Å². The van der Waals surface area contributed by atoms with Crippen molar-refractivity contribution in [2.75, 3.05) is 37.7 Å². The van der Waals surface area contributed by atoms with Gasteiger partial charge in [0.25, 0.3) is 5.91 Å². The predicted molar refractivity (Wildman–Crippen MR) is 119 cm³/mol. The second-order valence-corrected chi connectivity index (χ2v) is 7.69. The van der Waals surface area contributed by atoms with Crippen molar-refractivity contribution in [2.45, 2.75) is 27.7 Å². The summed E-state index contributed by atoms with van der Waals surface area (Å²) in [6.07, 6.45) is 0. The van der Waals surface area contributed by atoms with Crippen LogP contribution in [0.3, 0.4) is 0 Å². The first-order chi connectivity index (χ1) is 15.0. The van der Waals surface area contributed by atoms with Crippen molar-refractivity contribution in [1.82, 2.24) is 24.9 Å². The molecule has 2 aromatic heterocycles. The van der Waals surface area contributed by atoms with E-state index in [0.717, 1.165) is 36.0 Å². The minimum absolute atomic E-state index is 0.0454. The molecular formula is C23H28N6O2. The quantitative estimate of drug-likeness (QED) is 0.632. The molecule has 1 fully saturated rings. The van der Waals surface area contributed by atoms with E-state index >= 15 is 0 Å². The monoisotopic (exact) mass is 420 g/mol. The zero-order chi connectivity index (χ0) is 22.0. The maximum atomic E-state index is 12.8.